The lowest BCUT2D eigenvalue weighted by Crippen LogP contribution is -2.36. The van der Waals surface area contributed by atoms with Gasteiger partial charge >= 0.3 is 0 Å². The highest BCUT2D eigenvalue weighted by atomic mass is 16.7. The number of fused-ring (bicyclic) bond motifs is 1. The molecule has 5 nitrogen and oxygen atoms in total. The van der Waals surface area contributed by atoms with E-state index in [0.717, 1.165) is 22.7 Å². The number of likely N-dealkylation sites (N-methyl/N-ethyl adjacent to an activating group) is 1. The van der Waals surface area contributed by atoms with Crippen LogP contribution >= 0.6 is 0 Å². The van der Waals surface area contributed by atoms with E-state index in [2.05, 4.69) is 5.32 Å². The Bertz CT molecular complexity index is 688. The summed E-state index contributed by atoms with van der Waals surface area (Å²) in [4.78, 5) is 14.2. The van der Waals surface area contributed by atoms with Gasteiger partial charge in [-0.1, -0.05) is 24.3 Å². The largest absolute Gasteiger partial charge is 0.454 e. The van der Waals surface area contributed by atoms with Crippen LogP contribution < -0.4 is 19.7 Å². The highest BCUT2D eigenvalue weighted by molar-refractivity contribution is 5.81. The number of ether oxygens (including phenoxy) is 2. The Morgan fingerprint density at radius 2 is 1.91 bits per heavy atom. The molecule has 0 radical (unpaired) electrons. The minimum atomic E-state index is -0.0961. The van der Waals surface area contributed by atoms with Gasteiger partial charge in [-0.2, -0.15) is 0 Å². The van der Waals surface area contributed by atoms with Crippen LogP contribution in [0.5, 0.6) is 11.5 Å². The first-order chi connectivity index (χ1) is 11.1. The van der Waals surface area contributed by atoms with Crippen LogP contribution in [0, 0.1) is 0 Å². The monoisotopic (exact) mass is 312 g/mol. The Balaban J connectivity index is 1.59. The van der Waals surface area contributed by atoms with Crippen molar-refractivity contribution in [3.05, 3.63) is 54.1 Å². The number of benzene rings is 2. The second kappa shape index (κ2) is 6.60. The Morgan fingerprint density at radius 1 is 1.17 bits per heavy atom. The molecule has 0 saturated heterocycles. The van der Waals surface area contributed by atoms with Gasteiger partial charge in [0.15, 0.2) is 11.5 Å². The molecule has 23 heavy (non-hydrogen) atoms. The van der Waals surface area contributed by atoms with Crippen LogP contribution in [0.1, 0.15) is 18.5 Å². The summed E-state index contributed by atoms with van der Waals surface area (Å²) < 4.78 is 10.7. The molecule has 2 aromatic carbocycles. The van der Waals surface area contributed by atoms with Crippen LogP contribution in [0.3, 0.4) is 0 Å². The van der Waals surface area contributed by atoms with Crippen molar-refractivity contribution in [3.8, 4) is 11.5 Å². The number of amides is 1. The van der Waals surface area contributed by atoms with Crippen molar-refractivity contribution in [1.29, 1.82) is 0 Å². The maximum absolute atomic E-state index is 12.2. The molecule has 2 aromatic rings. The maximum atomic E-state index is 12.2. The molecule has 1 heterocycles. The van der Waals surface area contributed by atoms with Gasteiger partial charge in [0.1, 0.15) is 0 Å². The van der Waals surface area contributed by atoms with Crippen molar-refractivity contribution in [2.24, 2.45) is 0 Å². The average molecular weight is 312 g/mol. The molecule has 1 amide bonds. The normalized spacial score (nSPS) is 13.5. The number of carbonyl (C=O) groups excluding carboxylic acids is 1. The molecule has 0 bridgehead atoms. The van der Waals surface area contributed by atoms with Crippen molar-refractivity contribution in [1.82, 2.24) is 5.32 Å². The first-order valence-electron chi connectivity index (χ1n) is 7.58. The molecule has 1 N–H and O–H groups in total. The third kappa shape index (κ3) is 3.56. The Kier molecular flexibility index (Phi) is 4.37. The zero-order chi connectivity index (χ0) is 16.2. The number of hydrogen-bond donors (Lipinski definition) is 1. The van der Waals surface area contributed by atoms with Gasteiger partial charge < -0.3 is 19.7 Å². The molecule has 0 spiro atoms. The first-order valence-corrected chi connectivity index (χ1v) is 7.58. The molecule has 0 aliphatic carbocycles. The summed E-state index contributed by atoms with van der Waals surface area (Å²) in [5.74, 6) is 1.45. The lowest BCUT2D eigenvalue weighted by molar-refractivity contribution is -0.120. The standard InChI is InChI=1S/C18H20N2O3/c1-13(14-8-9-16-17(10-14)23-12-22-16)19-18(21)11-20(2)15-6-4-3-5-7-15/h3-10,13H,11-12H2,1-2H3,(H,19,21)/t13-/m0/s1. The predicted molar refractivity (Wildman–Crippen MR) is 88.8 cm³/mol. The zero-order valence-electron chi connectivity index (χ0n) is 13.3. The van der Waals surface area contributed by atoms with E-state index in [1.165, 1.54) is 0 Å². The fraction of sp³-hybridized carbons (Fsp3) is 0.278. The highest BCUT2D eigenvalue weighted by Crippen LogP contribution is 2.34. The van der Waals surface area contributed by atoms with Gasteiger partial charge in [0.05, 0.1) is 12.6 Å². The van der Waals surface area contributed by atoms with Crippen molar-refractivity contribution >= 4 is 11.6 Å². The fourth-order valence-electron chi connectivity index (χ4n) is 2.54. The molecular formula is C18H20N2O3. The molecule has 0 fully saturated rings. The van der Waals surface area contributed by atoms with Gasteiger partial charge in [0.2, 0.25) is 12.7 Å². The van der Waals surface area contributed by atoms with E-state index >= 15 is 0 Å². The topological polar surface area (TPSA) is 50.8 Å². The molecule has 3 rings (SSSR count). The van der Waals surface area contributed by atoms with Crippen molar-refractivity contribution in [2.45, 2.75) is 13.0 Å². The van der Waals surface area contributed by atoms with Crippen LogP contribution in [-0.2, 0) is 4.79 Å². The summed E-state index contributed by atoms with van der Waals surface area (Å²) in [6.45, 7) is 2.51. The number of rotatable bonds is 5. The van der Waals surface area contributed by atoms with Gasteiger partial charge in [-0.25, -0.2) is 0 Å². The number of hydrogen-bond acceptors (Lipinski definition) is 4. The molecule has 120 valence electrons. The van der Waals surface area contributed by atoms with Gasteiger partial charge in [-0.15, -0.1) is 0 Å². The van der Waals surface area contributed by atoms with E-state index in [9.17, 15) is 4.79 Å². The Labute approximate surface area is 135 Å². The molecule has 1 aliphatic rings. The van der Waals surface area contributed by atoms with E-state index in [1.54, 1.807) is 0 Å². The number of nitrogens with one attached hydrogen (secondary N) is 1. The summed E-state index contributed by atoms with van der Waals surface area (Å²) in [5, 5.41) is 3.01. The molecule has 0 saturated carbocycles. The molecule has 1 aliphatic heterocycles. The van der Waals surface area contributed by atoms with E-state index in [0.29, 0.717) is 6.54 Å². The quantitative estimate of drug-likeness (QED) is 0.922. The van der Waals surface area contributed by atoms with Crippen molar-refractivity contribution in [3.63, 3.8) is 0 Å². The zero-order valence-corrected chi connectivity index (χ0v) is 13.3. The molecule has 0 aromatic heterocycles. The van der Waals surface area contributed by atoms with E-state index < -0.39 is 0 Å². The number of para-hydroxylation sites is 1. The Hall–Kier alpha value is -2.69. The SMILES string of the molecule is C[C@H](NC(=O)CN(C)c1ccccc1)c1ccc2c(c1)OCO2. The van der Waals surface area contributed by atoms with Crippen LogP contribution in [0.4, 0.5) is 5.69 Å². The van der Waals surface area contributed by atoms with Gasteiger partial charge in [-0.3, -0.25) is 4.79 Å². The second-order valence-electron chi connectivity index (χ2n) is 5.59. The smallest absolute Gasteiger partial charge is 0.239 e. The van der Waals surface area contributed by atoms with Crippen molar-refractivity contribution in [2.75, 3.05) is 25.3 Å². The van der Waals surface area contributed by atoms with Gasteiger partial charge in [-0.05, 0) is 36.8 Å². The van der Waals surface area contributed by atoms with Gasteiger partial charge in [0.25, 0.3) is 0 Å². The average Bonchev–Trinajstić information content (AvgIpc) is 3.03. The molecule has 0 unspecified atom stereocenters. The molecule has 1 atom stereocenters. The van der Waals surface area contributed by atoms with Crippen LogP contribution in [-0.4, -0.2) is 26.3 Å². The van der Waals surface area contributed by atoms with Gasteiger partial charge in [0, 0.05) is 12.7 Å². The maximum Gasteiger partial charge on any atom is 0.239 e. The predicted octanol–water partition coefficient (Wildman–Crippen LogP) is 2.73. The summed E-state index contributed by atoms with van der Waals surface area (Å²) >= 11 is 0. The van der Waals surface area contributed by atoms with Crippen molar-refractivity contribution < 1.29 is 14.3 Å². The summed E-state index contributed by atoms with van der Waals surface area (Å²) in [7, 11) is 1.90. The third-order valence-electron chi connectivity index (χ3n) is 3.85. The summed E-state index contributed by atoms with van der Waals surface area (Å²) in [5.41, 5.74) is 2.00. The number of anilines is 1. The number of carbonyl (C=O) groups is 1. The van der Waals surface area contributed by atoms with Crippen LogP contribution in [0.15, 0.2) is 48.5 Å². The minimum absolute atomic E-state index is 0.0264. The van der Waals surface area contributed by atoms with E-state index in [4.69, 9.17) is 9.47 Å². The van der Waals surface area contributed by atoms with E-state index in [1.807, 2.05) is 67.4 Å². The second-order valence-corrected chi connectivity index (χ2v) is 5.59. The fourth-order valence-corrected chi connectivity index (χ4v) is 2.54. The minimum Gasteiger partial charge on any atom is -0.454 e. The molecule has 5 heteroatoms. The number of nitrogens with zero attached hydrogens (tertiary/aromatic N) is 1. The van der Waals surface area contributed by atoms with Crippen LogP contribution in [0.2, 0.25) is 0 Å². The lowest BCUT2D eigenvalue weighted by atomic mass is 10.1. The molecular weight excluding hydrogens is 292 g/mol. The lowest BCUT2D eigenvalue weighted by Gasteiger charge is -2.21. The Morgan fingerprint density at radius 3 is 2.70 bits per heavy atom. The van der Waals surface area contributed by atoms with E-state index in [-0.39, 0.29) is 18.7 Å². The summed E-state index contributed by atoms with van der Waals surface area (Å²) in [6.07, 6.45) is 0. The third-order valence-corrected chi connectivity index (χ3v) is 3.85. The summed E-state index contributed by atoms with van der Waals surface area (Å²) in [6, 6.07) is 15.5. The van der Waals surface area contributed by atoms with Crippen LogP contribution in [0.25, 0.3) is 0 Å². The highest BCUT2D eigenvalue weighted by Gasteiger charge is 2.17. The first kappa shape index (κ1) is 15.2.